The van der Waals surface area contributed by atoms with Gasteiger partial charge in [-0.25, -0.2) is 0 Å². The lowest BCUT2D eigenvalue weighted by atomic mass is 9.94. The summed E-state index contributed by atoms with van der Waals surface area (Å²) in [6.07, 6.45) is -2.74. The zero-order valence-corrected chi connectivity index (χ0v) is 22.1. The lowest BCUT2D eigenvalue weighted by molar-refractivity contribution is -0.143. The van der Waals surface area contributed by atoms with Crippen molar-refractivity contribution in [3.05, 3.63) is 82.5 Å². The highest BCUT2D eigenvalue weighted by atomic mass is 35.5. The Kier molecular flexibility index (Phi) is 8.80. The molecular formula is C29H29ClF3N3O3. The van der Waals surface area contributed by atoms with Crippen LogP contribution in [0, 0.1) is 12.8 Å². The van der Waals surface area contributed by atoms with Gasteiger partial charge in [-0.15, -0.1) is 0 Å². The van der Waals surface area contributed by atoms with Gasteiger partial charge in [0.15, 0.2) is 0 Å². The number of likely N-dealkylation sites (tertiary alicyclic amines) is 1. The minimum Gasteiger partial charge on any atom is -0.481 e. The van der Waals surface area contributed by atoms with Crippen molar-refractivity contribution in [1.29, 1.82) is 0 Å². The van der Waals surface area contributed by atoms with Gasteiger partial charge in [0.2, 0.25) is 0 Å². The summed E-state index contributed by atoms with van der Waals surface area (Å²) in [5.74, 6) is -1.75. The van der Waals surface area contributed by atoms with Gasteiger partial charge in [-0.2, -0.15) is 13.2 Å². The number of aliphatic carboxylic acids is 1. The first-order valence-electron chi connectivity index (χ1n) is 12.7. The number of anilines is 1. The van der Waals surface area contributed by atoms with E-state index in [-0.39, 0.29) is 18.9 Å². The largest absolute Gasteiger partial charge is 0.481 e. The molecule has 0 saturated carbocycles. The number of rotatable bonds is 8. The molecule has 0 radical (unpaired) electrons. The molecule has 0 bridgehead atoms. The fraction of sp³-hybridized carbons (Fsp3) is 0.345. The van der Waals surface area contributed by atoms with Crippen molar-refractivity contribution in [2.24, 2.45) is 5.92 Å². The van der Waals surface area contributed by atoms with Crippen LogP contribution in [0.15, 0.2) is 60.8 Å². The molecule has 2 aromatic carbocycles. The number of carboxylic acids is 1. The Hall–Kier alpha value is -3.59. The monoisotopic (exact) mass is 559 g/mol. The molecule has 0 aliphatic carbocycles. The fourth-order valence-electron chi connectivity index (χ4n) is 4.84. The van der Waals surface area contributed by atoms with Crippen LogP contribution in [0.3, 0.4) is 0 Å². The Labute approximate surface area is 229 Å². The maximum absolute atomic E-state index is 13.2. The number of aromatic nitrogens is 1. The molecule has 206 valence electrons. The third-order valence-electron chi connectivity index (χ3n) is 6.92. The van der Waals surface area contributed by atoms with Gasteiger partial charge in [0.25, 0.3) is 5.91 Å². The average Bonchev–Trinajstić information content (AvgIpc) is 2.91. The van der Waals surface area contributed by atoms with Crippen LogP contribution < -0.4 is 5.32 Å². The minimum absolute atomic E-state index is 0.161. The molecule has 6 nitrogen and oxygen atoms in total. The first kappa shape index (κ1) is 28.4. The number of hydrogen-bond donors (Lipinski definition) is 2. The van der Waals surface area contributed by atoms with Gasteiger partial charge in [-0.05, 0) is 79.8 Å². The van der Waals surface area contributed by atoms with Gasteiger partial charge in [-0.1, -0.05) is 23.7 Å². The van der Waals surface area contributed by atoms with E-state index in [1.807, 2.05) is 25.1 Å². The van der Waals surface area contributed by atoms with E-state index in [1.54, 1.807) is 36.4 Å². The van der Waals surface area contributed by atoms with Crippen molar-refractivity contribution in [3.63, 3.8) is 0 Å². The first-order valence-corrected chi connectivity index (χ1v) is 13.1. The molecule has 1 aromatic heterocycles. The third-order valence-corrected chi connectivity index (χ3v) is 7.14. The number of carbonyl (C=O) groups excluding carboxylic acids is 1. The van der Waals surface area contributed by atoms with Crippen molar-refractivity contribution in [3.8, 4) is 11.3 Å². The quantitative estimate of drug-likeness (QED) is 0.306. The van der Waals surface area contributed by atoms with Gasteiger partial charge < -0.3 is 15.3 Å². The van der Waals surface area contributed by atoms with Crippen LogP contribution in [0.1, 0.15) is 53.2 Å². The molecule has 1 amide bonds. The lowest BCUT2D eigenvalue weighted by Gasteiger charge is -2.30. The number of alkyl halides is 3. The van der Waals surface area contributed by atoms with Crippen LogP contribution in [0.4, 0.5) is 18.9 Å². The number of carbonyl (C=O) groups is 2. The van der Waals surface area contributed by atoms with Gasteiger partial charge in [0.1, 0.15) is 0 Å². The Morgan fingerprint density at radius 3 is 2.51 bits per heavy atom. The van der Waals surface area contributed by atoms with Gasteiger partial charge in [0, 0.05) is 42.5 Å². The average molecular weight is 560 g/mol. The maximum atomic E-state index is 13.2. The standard InChI is InChI=1S/C29H29ClF3N3O3/c1-18-15-20(25-11-7-22(30)16-34-25)6-10-24(18)26(12-13-29(31,32)33)35-23-8-4-19(5-9-23)27(37)36-14-2-3-21(17-36)28(38)39/h4-11,15-16,21,26,35H,2-3,12-14,17H2,1H3,(H,38,39)/t21-,26?/m1/s1. The number of amides is 1. The summed E-state index contributed by atoms with van der Waals surface area (Å²) >= 11 is 5.92. The molecule has 1 unspecified atom stereocenters. The number of piperidine rings is 1. The second kappa shape index (κ2) is 12.1. The number of nitrogens with one attached hydrogen (secondary N) is 1. The van der Waals surface area contributed by atoms with Gasteiger partial charge in [0.05, 0.1) is 22.7 Å². The molecule has 1 saturated heterocycles. The van der Waals surface area contributed by atoms with E-state index in [2.05, 4.69) is 10.3 Å². The number of pyridine rings is 1. The first-order chi connectivity index (χ1) is 18.5. The van der Waals surface area contributed by atoms with E-state index in [4.69, 9.17) is 11.6 Å². The number of aryl methyl sites for hydroxylation is 1. The second-order valence-electron chi connectivity index (χ2n) is 9.79. The molecular weight excluding hydrogens is 531 g/mol. The molecule has 1 aliphatic rings. The van der Waals surface area contributed by atoms with Gasteiger partial charge in [-0.3, -0.25) is 14.6 Å². The Bertz CT molecular complexity index is 1310. The minimum atomic E-state index is -4.31. The smallest absolute Gasteiger partial charge is 0.389 e. The lowest BCUT2D eigenvalue weighted by Crippen LogP contribution is -2.42. The number of benzene rings is 2. The van der Waals surface area contributed by atoms with Gasteiger partial charge >= 0.3 is 12.1 Å². The Balaban J connectivity index is 1.52. The summed E-state index contributed by atoms with van der Waals surface area (Å²) in [4.78, 5) is 30.1. The third kappa shape index (κ3) is 7.50. The molecule has 2 atom stereocenters. The molecule has 39 heavy (non-hydrogen) atoms. The molecule has 0 spiro atoms. The van der Waals surface area contributed by atoms with Crippen LogP contribution in [0.25, 0.3) is 11.3 Å². The maximum Gasteiger partial charge on any atom is 0.389 e. The van der Waals surface area contributed by atoms with Crippen molar-refractivity contribution in [2.45, 2.75) is 44.8 Å². The molecule has 10 heteroatoms. The zero-order chi connectivity index (χ0) is 28.2. The molecule has 1 fully saturated rings. The Morgan fingerprint density at radius 1 is 1.15 bits per heavy atom. The van der Waals surface area contributed by atoms with Crippen LogP contribution in [-0.2, 0) is 4.79 Å². The van der Waals surface area contributed by atoms with Crippen LogP contribution in [0.5, 0.6) is 0 Å². The number of carboxylic acid groups (broad SMARTS) is 1. The van der Waals surface area contributed by atoms with E-state index in [9.17, 15) is 27.9 Å². The van der Waals surface area contributed by atoms with E-state index < -0.39 is 30.5 Å². The highest BCUT2D eigenvalue weighted by Gasteiger charge is 2.30. The van der Waals surface area contributed by atoms with Crippen LogP contribution in [0.2, 0.25) is 5.02 Å². The summed E-state index contributed by atoms with van der Waals surface area (Å²) in [7, 11) is 0. The molecule has 1 aliphatic heterocycles. The number of hydrogen-bond acceptors (Lipinski definition) is 4. The SMILES string of the molecule is Cc1cc(-c2ccc(Cl)cn2)ccc1C(CCC(F)(F)F)Nc1ccc(C(=O)N2CCC[C@@H](C(=O)O)C2)cc1. The fourth-order valence-corrected chi connectivity index (χ4v) is 4.95. The molecule has 4 rings (SSSR count). The predicted molar refractivity (Wildman–Crippen MR) is 144 cm³/mol. The normalized spacial score (nSPS) is 16.5. The summed E-state index contributed by atoms with van der Waals surface area (Å²) in [5, 5.41) is 13.0. The van der Waals surface area contributed by atoms with E-state index in [1.165, 1.54) is 11.1 Å². The summed E-state index contributed by atoms with van der Waals surface area (Å²) in [5.41, 5.74) is 4.04. The predicted octanol–water partition coefficient (Wildman–Crippen LogP) is 7.14. The van der Waals surface area contributed by atoms with Crippen molar-refractivity contribution in [1.82, 2.24) is 9.88 Å². The van der Waals surface area contributed by atoms with E-state index in [0.717, 1.165) is 16.7 Å². The zero-order valence-electron chi connectivity index (χ0n) is 21.3. The topological polar surface area (TPSA) is 82.5 Å². The van der Waals surface area contributed by atoms with E-state index >= 15 is 0 Å². The van der Waals surface area contributed by atoms with E-state index in [0.29, 0.717) is 41.4 Å². The van der Waals surface area contributed by atoms with Crippen molar-refractivity contribution >= 4 is 29.2 Å². The number of nitrogens with zero attached hydrogens (tertiary/aromatic N) is 2. The van der Waals surface area contributed by atoms with Crippen LogP contribution in [-0.4, -0.2) is 46.1 Å². The van der Waals surface area contributed by atoms with Crippen molar-refractivity contribution < 1.29 is 27.9 Å². The highest BCUT2D eigenvalue weighted by Crippen LogP contribution is 2.33. The summed E-state index contributed by atoms with van der Waals surface area (Å²) in [6, 6.07) is 14.9. The second-order valence-corrected chi connectivity index (χ2v) is 10.2. The molecule has 3 aromatic rings. The summed E-state index contributed by atoms with van der Waals surface area (Å²) < 4.78 is 39.5. The highest BCUT2D eigenvalue weighted by molar-refractivity contribution is 6.30. The molecule has 2 heterocycles. The molecule has 2 N–H and O–H groups in total. The number of halogens is 4. The van der Waals surface area contributed by atoms with Crippen molar-refractivity contribution in [2.75, 3.05) is 18.4 Å². The summed E-state index contributed by atoms with van der Waals surface area (Å²) in [6.45, 7) is 2.50. The Morgan fingerprint density at radius 2 is 1.90 bits per heavy atom. The van der Waals surface area contributed by atoms with Crippen LogP contribution >= 0.6 is 11.6 Å².